The van der Waals surface area contributed by atoms with Gasteiger partial charge in [0.1, 0.15) is 0 Å². The Labute approximate surface area is 140 Å². The Morgan fingerprint density at radius 3 is 1.70 bits per heavy atom. The van der Waals surface area contributed by atoms with E-state index >= 15 is 0 Å². The van der Waals surface area contributed by atoms with Crippen molar-refractivity contribution in [3.63, 3.8) is 0 Å². The van der Waals surface area contributed by atoms with Crippen LogP contribution >= 0.6 is 0 Å². The third-order valence-corrected chi connectivity index (χ3v) is 3.04. The predicted molar refractivity (Wildman–Crippen MR) is 100 cm³/mol. The smallest absolute Gasteiger partial charge is 0.0888 e. The minimum Gasteiger partial charge on any atom is -0.261 e. The van der Waals surface area contributed by atoms with Crippen molar-refractivity contribution < 1.29 is 0 Å². The third kappa shape index (κ3) is 5.33. The molecule has 0 unspecified atom stereocenters. The maximum Gasteiger partial charge on any atom is 0.0888 e. The van der Waals surface area contributed by atoms with Crippen LogP contribution in [0, 0.1) is 6.92 Å². The molecule has 0 saturated carbocycles. The van der Waals surface area contributed by atoms with Crippen molar-refractivity contribution in [2.45, 2.75) is 34.6 Å². The fraction of sp³-hybridized carbons (Fsp3) is 0.238. The first-order valence-electron chi connectivity index (χ1n) is 8.27. The Bertz CT molecular complexity index is 674. The zero-order chi connectivity index (χ0) is 17.1. The molecule has 0 fully saturated rings. The van der Waals surface area contributed by atoms with E-state index in [0.29, 0.717) is 0 Å². The van der Waals surface area contributed by atoms with Gasteiger partial charge in [0.25, 0.3) is 0 Å². The van der Waals surface area contributed by atoms with E-state index in [1.54, 1.807) is 12.4 Å². The first-order valence-corrected chi connectivity index (χ1v) is 8.27. The van der Waals surface area contributed by atoms with Crippen LogP contribution in [0.4, 0.5) is 0 Å². The molecule has 120 valence electrons. The summed E-state index contributed by atoms with van der Waals surface area (Å²) >= 11 is 0. The lowest BCUT2D eigenvalue weighted by Crippen LogP contribution is -1.88. The average Bonchev–Trinajstić information content (AvgIpc) is 2.66. The largest absolute Gasteiger partial charge is 0.261 e. The molecular formula is C21H26N2. The molecule has 2 nitrogen and oxygen atoms in total. The van der Waals surface area contributed by atoms with Crippen LogP contribution < -0.4 is 0 Å². The fourth-order valence-electron chi connectivity index (χ4n) is 2.07. The summed E-state index contributed by atoms with van der Waals surface area (Å²) in [6.07, 6.45) is 3.56. The molecule has 0 aliphatic carbocycles. The second kappa shape index (κ2) is 10.3. The Balaban J connectivity index is 0.000000615. The van der Waals surface area contributed by atoms with Gasteiger partial charge in [-0.3, -0.25) is 4.98 Å². The standard InChI is InChI=1S/C17H14N2.2C2H6/c1-13-11-18-12-17(19-13)16-9-7-15(8-10-16)14-5-3-2-4-6-14;2*1-2/h2-12H,1H3;2*1-2H3. The molecule has 0 amide bonds. The summed E-state index contributed by atoms with van der Waals surface area (Å²) in [5.74, 6) is 0. The molecule has 0 bridgehead atoms. The zero-order valence-corrected chi connectivity index (χ0v) is 14.7. The van der Waals surface area contributed by atoms with E-state index in [1.165, 1.54) is 11.1 Å². The van der Waals surface area contributed by atoms with Gasteiger partial charge in [0, 0.05) is 11.8 Å². The van der Waals surface area contributed by atoms with Crippen LogP contribution in [0.25, 0.3) is 22.4 Å². The van der Waals surface area contributed by atoms with Crippen molar-refractivity contribution in [2.24, 2.45) is 0 Å². The van der Waals surface area contributed by atoms with E-state index < -0.39 is 0 Å². The quantitative estimate of drug-likeness (QED) is 0.565. The van der Waals surface area contributed by atoms with Gasteiger partial charge in [-0.05, 0) is 18.1 Å². The Kier molecular flexibility index (Phi) is 8.30. The van der Waals surface area contributed by atoms with E-state index in [2.05, 4.69) is 58.5 Å². The molecule has 3 aromatic rings. The van der Waals surface area contributed by atoms with Crippen LogP contribution in [-0.4, -0.2) is 9.97 Å². The minimum atomic E-state index is 0.916. The molecule has 1 heterocycles. The molecule has 3 rings (SSSR count). The van der Waals surface area contributed by atoms with Crippen molar-refractivity contribution in [1.82, 2.24) is 9.97 Å². The molecule has 0 saturated heterocycles. The van der Waals surface area contributed by atoms with E-state index in [1.807, 2.05) is 40.7 Å². The monoisotopic (exact) mass is 306 g/mol. The predicted octanol–water partition coefficient (Wildman–Crippen LogP) is 6.17. The van der Waals surface area contributed by atoms with Gasteiger partial charge >= 0.3 is 0 Å². The van der Waals surface area contributed by atoms with Crippen LogP contribution in [0.2, 0.25) is 0 Å². The van der Waals surface area contributed by atoms with Gasteiger partial charge in [-0.25, -0.2) is 4.98 Å². The third-order valence-electron chi connectivity index (χ3n) is 3.04. The maximum absolute atomic E-state index is 4.48. The molecule has 0 aliphatic rings. The van der Waals surface area contributed by atoms with E-state index in [4.69, 9.17) is 0 Å². The first kappa shape index (κ1) is 18.6. The van der Waals surface area contributed by atoms with Crippen molar-refractivity contribution >= 4 is 0 Å². The Hall–Kier alpha value is -2.48. The van der Waals surface area contributed by atoms with Gasteiger partial charge in [-0.15, -0.1) is 0 Å². The minimum absolute atomic E-state index is 0.916. The Morgan fingerprint density at radius 1 is 0.609 bits per heavy atom. The highest BCUT2D eigenvalue weighted by molar-refractivity contribution is 5.68. The highest BCUT2D eigenvalue weighted by atomic mass is 14.8. The van der Waals surface area contributed by atoms with Gasteiger partial charge in [-0.1, -0.05) is 82.3 Å². The van der Waals surface area contributed by atoms with Crippen LogP contribution in [0.15, 0.2) is 67.0 Å². The van der Waals surface area contributed by atoms with E-state index in [-0.39, 0.29) is 0 Å². The molecule has 2 aromatic carbocycles. The van der Waals surface area contributed by atoms with Gasteiger partial charge < -0.3 is 0 Å². The summed E-state index contributed by atoms with van der Waals surface area (Å²) in [6, 6.07) is 18.8. The molecule has 1 aromatic heterocycles. The number of rotatable bonds is 2. The normalized spacial score (nSPS) is 9.09. The van der Waals surface area contributed by atoms with Crippen molar-refractivity contribution in [3.8, 4) is 22.4 Å². The average molecular weight is 306 g/mol. The number of aromatic nitrogens is 2. The lowest BCUT2D eigenvalue weighted by molar-refractivity contribution is 1.12. The molecule has 0 N–H and O–H groups in total. The molecular weight excluding hydrogens is 280 g/mol. The second-order valence-corrected chi connectivity index (χ2v) is 4.49. The Morgan fingerprint density at radius 2 is 1.13 bits per heavy atom. The van der Waals surface area contributed by atoms with Crippen LogP contribution in [0.1, 0.15) is 33.4 Å². The van der Waals surface area contributed by atoms with Gasteiger partial charge in [0.15, 0.2) is 0 Å². The molecule has 2 heteroatoms. The van der Waals surface area contributed by atoms with Crippen molar-refractivity contribution in [3.05, 3.63) is 72.7 Å². The van der Waals surface area contributed by atoms with Crippen molar-refractivity contribution in [1.29, 1.82) is 0 Å². The zero-order valence-electron chi connectivity index (χ0n) is 14.7. The summed E-state index contributed by atoms with van der Waals surface area (Å²) in [6.45, 7) is 9.95. The highest BCUT2D eigenvalue weighted by Gasteiger charge is 2.01. The number of hydrogen-bond acceptors (Lipinski definition) is 2. The van der Waals surface area contributed by atoms with Crippen LogP contribution in [0.5, 0.6) is 0 Å². The maximum atomic E-state index is 4.48. The van der Waals surface area contributed by atoms with Crippen LogP contribution in [-0.2, 0) is 0 Å². The summed E-state index contributed by atoms with van der Waals surface area (Å²) in [5, 5.41) is 0. The van der Waals surface area contributed by atoms with Crippen LogP contribution in [0.3, 0.4) is 0 Å². The molecule has 23 heavy (non-hydrogen) atoms. The molecule has 0 radical (unpaired) electrons. The van der Waals surface area contributed by atoms with E-state index in [0.717, 1.165) is 17.0 Å². The summed E-state index contributed by atoms with van der Waals surface area (Å²) in [5.41, 5.74) is 5.38. The van der Waals surface area contributed by atoms with E-state index in [9.17, 15) is 0 Å². The number of benzene rings is 2. The summed E-state index contributed by atoms with van der Waals surface area (Å²) < 4.78 is 0. The molecule has 0 aliphatic heterocycles. The fourth-order valence-corrected chi connectivity index (χ4v) is 2.07. The number of nitrogens with zero attached hydrogens (tertiary/aromatic N) is 2. The SMILES string of the molecule is CC.CC.Cc1cncc(-c2ccc(-c3ccccc3)cc2)n1. The second-order valence-electron chi connectivity index (χ2n) is 4.49. The van der Waals surface area contributed by atoms with Gasteiger partial charge in [0.05, 0.1) is 17.6 Å². The molecule has 0 atom stereocenters. The van der Waals surface area contributed by atoms with Gasteiger partial charge in [0.2, 0.25) is 0 Å². The van der Waals surface area contributed by atoms with Crippen molar-refractivity contribution in [2.75, 3.05) is 0 Å². The lowest BCUT2D eigenvalue weighted by Gasteiger charge is -2.04. The lowest BCUT2D eigenvalue weighted by atomic mass is 10.0. The highest BCUT2D eigenvalue weighted by Crippen LogP contribution is 2.23. The summed E-state index contributed by atoms with van der Waals surface area (Å²) in [7, 11) is 0. The number of hydrogen-bond donors (Lipinski definition) is 0. The topological polar surface area (TPSA) is 25.8 Å². The first-order chi connectivity index (χ1) is 11.3. The molecule has 0 spiro atoms. The number of aryl methyl sites for hydroxylation is 1. The van der Waals surface area contributed by atoms with Gasteiger partial charge in [-0.2, -0.15) is 0 Å². The summed E-state index contributed by atoms with van der Waals surface area (Å²) in [4.78, 5) is 8.66.